The summed E-state index contributed by atoms with van der Waals surface area (Å²) < 4.78 is 18.2. The van der Waals surface area contributed by atoms with Crippen molar-refractivity contribution in [3.05, 3.63) is 29.6 Å². The first-order chi connectivity index (χ1) is 6.38. The van der Waals surface area contributed by atoms with Crippen LogP contribution in [0.2, 0.25) is 0 Å². The molecule has 0 aliphatic heterocycles. The summed E-state index contributed by atoms with van der Waals surface area (Å²) in [4.78, 5) is 0. The van der Waals surface area contributed by atoms with Crippen molar-refractivity contribution >= 4 is 5.69 Å². The van der Waals surface area contributed by atoms with Crippen LogP contribution in [0.3, 0.4) is 0 Å². The minimum absolute atomic E-state index is 0.208. The lowest BCUT2D eigenvalue weighted by atomic mass is 10.1. The largest absolute Gasteiger partial charge is 0.398 e. The molecule has 0 amide bonds. The van der Waals surface area contributed by atoms with Crippen LogP contribution in [0.25, 0.3) is 0 Å². The molecule has 0 aliphatic carbocycles. The van der Waals surface area contributed by atoms with E-state index in [0.29, 0.717) is 12.3 Å². The molecule has 3 heteroatoms. The van der Waals surface area contributed by atoms with E-state index >= 15 is 0 Å². The van der Waals surface area contributed by atoms with Gasteiger partial charge in [0.2, 0.25) is 0 Å². The number of nitrogen functional groups attached to an aromatic ring is 1. The minimum atomic E-state index is -0.318. The summed E-state index contributed by atoms with van der Waals surface area (Å²) in [7, 11) is 0. The highest BCUT2D eigenvalue weighted by molar-refractivity contribution is 5.46. The topological polar surface area (TPSA) is 35.2 Å². The smallest absolute Gasteiger partial charge is 0.125 e. The maximum atomic E-state index is 12.7. The van der Waals surface area contributed by atoms with Crippen molar-refractivity contribution in [1.29, 1.82) is 0 Å². The fourth-order valence-corrected chi connectivity index (χ4v) is 0.991. The third kappa shape index (κ3) is 3.34. The fraction of sp³-hybridized carbons (Fsp3) is 0.455. The zero-order chi connectivity index (χ0) is 10.8. The highest BCUT2D eigenvalue weighted by Gasteiger charge is 2.11. The Kier molecular flexibility index (Phi) is 3.11. The SMILES string of the molecule is CC(C)(C)OCc1ccc(F)cc1N. The third-order valence-corrected chi connectivity index (χ3v) is 1.77. The molecule has 0 fully saturated rings. The molecular formula is C11H16FNO. The van der Waals surface area contributed by atoms with Crippen molar-refractivity contribution in [2.24, 2.45) is 0 Å². The number of rotatable bonds is 2. The first-order valence-corrected chi connectivity index (χ1v) is 4.56. The van der Waals surface area contributed by atoms with Crippen LogP contribution < -0.4 is 5.73 Å². The zero-order valence-corrected chi connectivity index (χ0v) is 8.80. The van der Waals surface area contributed by atoms with Gasteiger partial charge in [-0.05, 0) is 32.9 Å². The zero-order valence-electron chi connectivity index (χ0n) is 8.80. The predicted molar refractivity (Wildman–Crippen MR) is 55.4 cm³/mol. The normalized spacial score (nSPS) is 11.7. The molecular weight excluding hydrogens is 181 g/mol. The number of halogens is 1. The van der Waals surface area contributed by atoms with Gasteiger partial charge in [0.1, 0.15) is 5.82 Å². The van der Waals surface area contributed by atoms with Gasteiger partial charge in [-0.25, -0.2) is 4.39 Å². The van der Waals surface area contributed by atoms with Crippen molar-refractivity contribution in [3.63, 3.8) is 0 Å². The van der Waals surface area contributed by atoms with E-state index in [-0.39, 0.29) is 11.4 Å². The van der Waals surface area contributed by atoms with Crippen LogP contribution in [-0.2, 0) is 11.3 Å². The van der Waals surface area contributed by atoms with E-state index in [9.17, 15) is 4.39 Å². The number of benzene rings is 1. The summed E-state index contributed by atoms with van der Waals surface area (Å²) in [6, 6.07) is 4.34. The quantitative estimate of drug-likeness (QED) is 0.740. The molecule has 2 nitrogen and oxygen atoms in total. The second-order valence-electron chi connectivity index (χ2n) is 4.24. The summed E-state index contributed by atoms with van der Waals surface area (Å²) in [5.41, 5.74) is 6.68. The van der Waals surface area contributed by atoms with Crippen LogP contribution in [0.15, 0.2) is 18.2 Å². The summed E-state index contributed by atoms with van der Waals surface area (Å²) in [5, 5.41) is 0. The Morgan fingerprint density at radius 1 is 1.36 bits per heavy atom. The lowest BCUT2D eigenvalue weighted by molar-refractivity contribution is -0.0147. The van der Waals surface area contributed by atoms with E-state index in [2.05, 4.69) is 0 Å². The Bertz CT molecular complexity index is 318. The second kappa shape index (κ2) is 3.96. The van der Waals surface area contributed by atoms with E-state index in [1.54, 1.807) is 6.07 Å². The standard InChI is InChI=1S/C11H16FNO/c1-11(2,3)14-7-8-4-5-9(12)6-10(8)13/h4-6H,7,13H2,1-3H3. The number of anilines is 1. The van der Waals surface area contributed by atoms with Crippen LogP contribution in [0, 0.1) is 5.82 Å². The van der Waals surface area contributed by atoms with Crippen molar-refractivity contribution in [1.82, 2.24) is 0 Å². The van der Waals surface area contributed by atoms with Gasteiger partial charge < -0.3 is 10.5 Å². The molecule has 0 heterocycles. The molecule has 0 spiro atoms. The average molecular weight is 197 g/mol. The van der Waals surface area contributed by atoms with Gasteiger partial charge >= 0.3 is 0 Å². The van der Waals surface area contributed by atoms with Gasteiger partial charge in [-0.1, -0.05) is 6.07 Å². The number of hydrogen-bond donors (Lipinski definition) is 1. The van der Waals surface area contributed by atoms with Gasteiger partial charge in [0.15, 0.2) is 0 Å². The molecule has 0 atom stereocenters. The van der Waals surface area contributed by atoms with Crippen molar-refractivity contribution in [2.75, 3.05) is 5.73 Å². The minimum Gasteiger partial charge on any atom is -0.398 e. The van der Waals surface area contributed by atoms with Gasteiger partial charge in [0.05, 0.1) is 12.2 Å². The molecule has 1 aromatic carbocycles. The molecule has 0 saturated carbocycles. The van der Waals surface area contributed by atoms with E-state index in [4.69, 9.17) is 10.5 Å². The lowest BCUT2D eigenvalue weighted by Crippen LogP contribution is -2.19. The molecule has 0 aromatic heterocycles. The van der Waals surface area contributed by atoms with E-state index in [1.807, 2.05) is 20.8 Å². The van der Waals surface area contributed by atoms with Crippen LogP contribution in [0.1, 0.15) is 26.3 Å². The van der Waals surface area contributed by atoms with E-state index in [1.165, 1.54) is 12.1 Å². The summed E-state index contributed by atoms with van der Waals surface area (Å²) in [6.07, 6.45) is 0. The number of ether oxygens (including phenoxy) is 1. The van der Waals surface area contributed by atoms with Crippen molar-refractivity contribution in [2.45, 2.75) is 33.0 Å². The first kappa shape index (κ1) is 11.0. The summed E-state index contributed by atoms with van der Waals surface area (Å²) >= 11 is 0. The van der Waals surface area contributed by atoms with Crippen LogP contribution in [-0.4, -0.2) is 5.60 Å². The van der Waals surface area contributed by atoms with Gasteiger partial charge in [0, 0.05) is 11.3 Å². The molecule has 1 aromatic rings. The molecule has 14 heavy (non-hydrogen) atoms. The highest BCUT2D eigenvalue weighted by Crippen LogP contribution is 2.17. The number of hydrogen-bond acceptors (Lipinski definition) is 2. The second-order valence-corrected chi connectivity index (χ2v) is 4.24. The Labute approximate surface area is 83.9 Å². The fourth-order valence-electron chi connectivity index (χ4n) is 0.991. The van der Waals surface area contributed by atoms with Gasteiger partial charge in [0.25, 0.3) is 0 Å². The molecule has 1 rings (SSSR count). The van der Waals surface area contributed by atoms with Crippen molar-refractivity contribution in [3.8, 4) is 0 Å². The first-order valence-electron chi connectivity index (χ1n) is 4.56. The maximum absolute atomic E-state index is 12.7. The van der Waals surface area contributed by atoms with Gasteiger partial charge in [-0.15, -0.1) is 0 Å². The predicted octanol–water partition coefficient (Wildman–Crippen LogP) is 2.72. The Balaban J connectivity index is 2.68. The molecule has 0 saturated heterocycles. The molecule has 0 unspecified atom stereocenters. The van der Waals surface area contributed by atoms with Gasteiger partial charge in [-0.2, -0.15) is 0 Å². The maximum Gasteiger partial charge on any atom is 0.125 e. The molecule has 2 N–H and O–H groups in total. The third-order valence-electron chi connectivity index (χ3n) is 1.77. The lowest BCUT2D eigenvalue weighted by Gasteiger charge is -2.20. The Hall–Kier alpha value is -1.09. The van der Waals surface area contributed by atoms with E-state index in [0.717, 1.165) is 5.56 Å². The van der Waals surface area contributed by atoms with Crippen molar-refractivity contribution < 1.29 is 9.13 Å². The van der Waals surface area contributed by atoms with E-state index < -0.39 is 0 Å². The van der Waals surface area contributed by atoms with Crippen LogP contribution in [0.5, 0.6) is 0 Å². The number of nitrogens with two attached hydrogens (primary N) is 1. The summed E-state index contributed by atoms with van der Waals surface area (Å²) in [5.74, 6) is -0.318. The highest BCUT2D eigenvalue weighted by atomic mass is 19.1. The monoisotopic (exact) mass is 197 g/mol. The Morgan fingerprint density at radius 2 is 2.00 bits per heavy atom. The average Bonchev–Trinajstić information content (AvgIpc) is 2.00. The Morgan fingerprint density at radius 3 is 2.50 bits per heavy atom. The molecule has 78 valence electrons. The van der Waals surface area contributed by atoms with Gasteiger partial charge in [-0.3, -0.25) is 0 Å². The summed E-state index contributed by atoms with van der Waals surface area (Å²) in [6.45, 7) is 6.31. The molecule has 0 aliphatic rings. The molecule has 0 bridgehead atoms. The van der Waals surface area contributed by atoms with Crippen LogP contribution >= 0.6 is 0 Å². The van der Waals surface area contributed by atoms with Crippen LogP contribution in [0.4, 0.5) is 10.1 Å². The molecule has 0 radical (unpaired) electrons.